The van der Waals surface area contributed by atoms with Crippen LogP contribution in [0.1, 0.15) is 51.6 Å². The van der Waals surface area contributed by atoms with E-state index in [1.807, 2.05) is 31.2 Å². The van der Waals surface area contributed by atoms with Crippen molar-refractivity contribution in [3.63, 3.8) is 0 Å². The summed E-state index contributed by atoms with van der Waals surface area (Å²) in [7, 11) is 0. The molecule has 152 valence electrons. The number of fused-ring (bicyclic) bond motifs is 1. The van der Waals surface area contributed by atoms with Crippen LogP contribution in [-0.4, -0.2) is 39.4 Å². The van der Waals surface area contributed by atoms with E-state index in [1.165, 1.54) is 0 Å². The predicted octanol–water partition coefficient (Wildman–Crippen LogP) is 3.34. The molecular formula is C22H19N3O5. The van der Waals surface area contributed by atoms with Crippen LogP contribution >= 0.6 is 0 Å². The van der Waals surface area contributed by atoms with Gasteiger partial charge in [-0.25, -0.2) is 0 Å². The van der Waals surface area contributed by atoms with Crippen molar-refractivity contribution >= 4 is 17.8 Å². The normalized spacial score (nSPS) is 14.0. The van der Waals surface area contributed by atoms with Crippen molar-refractivity contribution in [2.45, 2.75) is 26.4 Å². The smallest absolute Gasteiger partial charge is 0.308 e. The first-order valence-electron chi connectivity index (χ1n) is 9.49. The monoisotopic (exact) mass is 405 g/mol. The van der Waals surface area contributed by atoms with E-state index in [1.54, 1.807) is 31.2 Å². The maximum Gasteiger partial charge on any atom is 0.308 e. The van der Waals surface area contributed by atoms with Crippen molar-refractivity contribution in [1.29, 1.82) is 0 Å². The van der Waals surface area contributed by atoms with Crippen molar-refractivity contribution < 1.29 is 23.5 Å². The van der Waals surface area contributed by atoms with Crippen molar-refractivity contribution in [3.8, 4) is 11.5 Å². The fourth-order valence-electron chi connectivity index (χ4n) is 3.16. The fourth-order valence-corrected chi connectivity index (χ4v) is 3.16. The minimum atomic E-state index is -0.758. The zero-order chi connectivity index (χ0) is 21.3. The minimum Gasteiger partial charge on any atom is -0.453 e. The number of imide groups is 1. The Labute approximate surface area is 172 Å². The van der Waals surface area contributed by atoms with Crippen molar-refractivity contribution in [1.82, 2.24) is 15.1 Å². The Morgan fingerprint density at radius 2 is 1.67 bits per heavy atom. The van der Waals surface area contributed by atoms with Gasteiger partial charge in [0.25, 0.3) is 17.7 Å². The van der Waals surface area contributed by atoms with Gasteiger partial charge in [-0.3, -0.25) is 19.3 Å². The van der Waals surface area contributed by atoms with Gasteiger partial charge in [-0.1, -0.05) is 29.8 Å². The summed E-state index contributed by atoms with van der Waals surface area (Å²) in [6, 6.07) is 14.2. The van der Waals surface area contributed by atoms with Crippen LogP contribution in [0.4, 0.5) is 0 Å². The van der Waals surface area contributed by atoms with Crippen LogP contribution in [0.25, 0.3) is 11.5 Å². The lowest BCUT2D eigenvalue weighted by Gasteiger charge is -2.14. The maximum atomic E-state index is 12.3. The van der Waals surface area contributed by atoms with E-state index in [-0.39, 0.29) is 18.9 Å². The number of benzene rings is 2. The number of aryl methyl sites for hydroxylation is 1. The lowest BCUT2D eigenvalue weighted by Crippen LogP contribution is -2.32. The van der Waals surface area contributed by atoms with E-state index in [2.05, 4.69) is 10.2 Å². The van der Waals surface area contributed by atoms with Gasteiger partial charge in [0.1, 0.15) is 0 Å². The first-order valence-corrected chi connectivity index (χ1v) is 9.49. The molecule has 8 heteroatoms. The second-order valence-electron chi connectivity index (χ2n) is 7.00. The molecular weight excluding hydrogens is 386 g/mol. The van der Waals surface area contributed by atoms with Crippen LogP contribution in [0, 0.1) is 6.92 Å². The van der Waals surface area contributed by atoms with Gasteiger partial charge in [-0.2, -0.15) is 0 Å². The molecule has 0 N–H and O–H groups in total. The van der Waals surface area contributed by atoms with E-state index < -0.39 is 23.9 Å². The SMILES string of the molecule is Cc1ccc(-c2nnc([C@H](C)OC(=O)CCN3C(=O)c4ccccc4C3=O)o2)cc1. The number of esters is 1. The van der Waals surface area contributed by atoms with Crippen LogP contribution in [0.15, 0.2) is 52.9 Å². The Kier molecular flexibility index (Phi) is 5.14. The lowest BCUT2D eigenvalue weighted by molar-refractivity contribution is -0.149. The van der Waals surface area contributed by atoms with Crippen LogP contribution in [-0.2, 0) is 9.53 Å². The number of carbonyl (C=O) groups is 3. The van der Waals surface area contributed by atoms with Gasteiger partial charge in [-0.05, 0) is 38.1 Å². The van der Waals surface area contributed by atoms with Crippen molar-refractivity contribution in [3.05, 3.63) is 71.1 Å². The molecule has 2 heterocycles. The topological polar surface area (TPSA) is 103 Å². The number of rotatable bonds is 6. The lowest BCUT2D eigenvalue weighted by atomic mass is 10.1. The highest BCUT2D eigenvalue weighted by Gasteiger charge is 2.35. The number of carbonyl (C=O) groups excluding carboxylic acids is 3. The van der Waals surface area contributed by atoms with E-state index in [0.717, 1.165) is 16.0 Å². The van der Waals surface area contributed by atoms with Gasteiger partial charge in [0.05, 0.1) is 17.5 Å². The highest BCUT2D eigenvalue weighted by Crippen LogP contribution is 2.24. The Morgan fingerprint density at radius 1 is 1.03 bits per heavy atom. The van der Waals surface area contributed by atoms with Gasteiger partial charge in [0.2, 0.25) is 5.89 Å². The second-order valence-corrected chi connectivity index (χ2v) is 7.00. The van der Waals surface area contributed by atoms with Crippen molar-refractivity contribution in [2.24, 2.45) is 0 Å². The molecule has 4 rings (SSSR count). The third-order valence-corrected chi connectivity index (χ3v) is 4.81. The van der Waals surface area contributed by atoms with Gasteiger partial charge >= 0.3 is 5.97 Å². The first-order chi connectivity index (χ1) is 14.4. The summed E-state index contributed by atoms with van der Waals surface area (Å²) in [6.07, 6.45) is -0.888. The summed E-state index contributed by atoms with van der Waals surface area (Å²) in [5, 5.41) is 7.94. The number of hydrogen-bond acceptors (Lipinski definition) is 7. The van der Waals surface area contributed by atoms with Crippen LogP contribution in [0.2, 0.25) is 0 Å². The summed E-state index contributed by atoms with van der Waals surface area (Å²) in [6.45, 7) is 3.54. The minimum absolute atomic E-state index is 0.0592. The molecule has 0 aliphatic carbocycles. The quantitative estimate of drug-likeness (QED) is 0.458. The molecule has 1 aliphatic rings. The number of hydrogen-bond donors (Lipinski definition) is 0. The van der Waals surface area contributed by atoms with Crippen LogP contribution in [0.5, 0.6) is 0 Å². The molecule has 3 aromatic rings. The van der Waals surface area contributed by atoms with Gasteiger partial charge in [0.15, 0.2) is 6.10 Å². The molecule has 8 nitrogen and oxygen atoms in total. The summed E-state index contributed by atoms with van der Waals surface area (Å²) >= 11 is 0. The molecule has 0 bridgehead atoms. The molecule has 1 aliphatic heterocycles. The largest absolute Gasteiger partial charge is 0.453 e. The number of ether oxygens (including phenoxy) is 1. The Morgan fingerprint density at radius 3 is 2.30 bits per heavy atom. The zero-order valence-electron chi connectivity index (χ0n) is 16.5. The molecule has 30 heavy (non-hydrogen) atoms. The molecule has 2 amide bonds. The first kappa shape index (κ1) is 19.5. The van der Waals surface area contributed by atoms with Gasteiger partial charge in [0, 0.05) is 12.1 Å². The molecule has 0 radical (unpaired) electrons. The van der Waals surface area contributed by atoms with Crippen LogP contribution in [0.3, 0.4) is 0 Å². The molecule has 0 saturated carbocycles. The Balaban J connectivity index is 1.34. The third kappa shape index (κ3) is 3.71. The Bertz CT molecular complexity index is 1080. The van der Waals surface area contributed by atoms with E-state index in [9.17, 15) is 14.4 Å². The highest BCUT2D eigenvalue weighted by atomic mass is 16.6. The summed E-state index contributed by atoms with van der Waals surface area (Å²) in [5.41, 5.74) is 2.57. The number of aromatic nitrogens is 2. The number of nitrogens with zero attached hydrogens (tertiary/aromatic N) is 3. The number of amides is 2. The zero-order valence-corrected chi connectivity index (χ0v) is 16.5. The molecule has 2 aromatic carbocycles. The molecule has 0 spiro atoms. The summed E-state index contributed by atoms with van der Waals surface area (Å²) < 4.78 is 10.9. The third-order valence-electron chi connectivity index (χ3n) is 4.81. The van der Waals surface area contributed by atoms with E-state index in [4.69, 9.17) is 9.15 Å². The van der Waals surface area contributed by atoms with Gasteiger partial charge < -0.3 is 9.15 Å². The molecule has 0 fully saturated rings. The standard InChI is InChI=1S/C22H19N3O5/c1-13-7-9-15(10-8-13)20-24-23-19(30-20)14(2)29-18(26)11-12-25-21(27)16-5-3-4-6-17(16)22(25)28/h3-10,14H,11-12H2,1-2H3/t14-/m0/s1. The van der Waals surface area contributed by atoms with E-state index in [0.29, 0.717) is 17.0 Å². The summed E-state index contributed by atoms with van der Waals surface area (Å²) in [4.78, 5) is 38.0. The molecule has 0 saturated heterocycles. The molecule has 0 unspecified atom stereocenters. The van der Waals surface area contributed by atoms with E-state index >= 15 is 0 Å². The maximum absolute atomic E-state index is 12.3. The highest BCUT2D eigenvalue weighted by molar-refractivity contribution is 6.21. The molecule has 1 atom stereocenters. The van der Waals surface area contributed by atoms with Crippen molar-refractivity contribution in [2.75, 3.05) is 6.54 Å². The molecule has 1 aromatic heterocycles. The average molecular weight is 405 g/mol. The predicted molar refractivity (Wildman–Crippen MR) is 105 cm³/mol. The Hall–Kier alpha value is -3.81. The summed E-state index contributed by atoms with van der Waals surface area (Å²) in [5.74, 6) is -0.889. The average Bonchev–Trinajstić information content (AvgIpc) is 3.32. The fraction of sp³-hybridized carbons (Fsp3) is 0.227. The van der Waals surface area contributed by atoms with Crippen LogP contribution < -0.4 is 0 Å². The van der Waals surface area contributed by atoms with Gasteiger partial charge in [-0.15, -0.1) is 10.2 Å². The second kappa shape index (κ2) is 7.90.